The van der Waals surface area contributed by atoms with Crippen molar-refractivity contribution in [3.8, 4) is 0 Å². The zero-order valence-electron chi connectivity index (χ0n) is 11.1. The van der Waals surface area contributed by atoms with E-state index in [1.807, 2.05) is 6.07 Å². The molecule has 3 atom stereocenters. The molecule has 1 fully saturated rings. The third kappa shape index (κ3) is 3.56. The Labute approximate surface area is 129 Å². The molecule has 0 aromatic heterocycles. The molecule has 1 aliphatic rings. The first-order valence-corrected chi connectivity index (χ1v) is 7.58. The van der Waals surface area contributed by atoms with Gasteiger partial charge < -0.3 is 10.1 Å². The second-order valence-corrected chi connectivity index (χ2v) is 6.18. The molecule has 0 aliphatic heterocycles. The number of hydrogen-bond donors (Lipinski definition) is 1. The Bertz CT molecular complexity index is 453. The van der Waals surface area contributed by atoms with Gasteiger partial charge in [-0.25, -0.2) is 0 Å². The lowest BCUT2D eigenvalue weighted by Gasteiger charge is -2.21. The Balaban J connectivity index is 2.04. The van der Waals surface area contributed by atoms with E-state index in [1.54, 1.807) is 13.2 Å². The molecule has 1 N–H and O–H groups in total. The normalized spacial score (nSPS) is 24.7. The maximum atomic E-state index is 6.25. The monoisotopic (exact) mass is 321 g/mol. The average Bonchev–Trinajstić information content (AvgIpc) is 2.83. The van der Waals surface area contributed by atoms with Gasteiger partial charge in [0.2, 0.25) is 0 Å². The zero-order valence-corrected chi connectivity index (χ0v) is 13.3. The fourth-order valence-electron chi connectivity index (χ4n) is 2.62. The fourth-order valence-corrected chi connectivity index (χ4v) is 3.33. The molecule has 1 aromatic carbocycles. The van der Waals surface area contributed by atoms with Gasteiger partial charge in [-0.15, -0.1) is 0 Å². The SMILES string of the molecule is COC1CCC(NC(C)c2ccc(Cl)c(Cl)c2Cl)C1. The summed E-state index contributed by atoms with van der Waals surface area (Å²) in [5, 5.41) is 5.03. The largest absolute Gasteiger partial charge is 0.381 e. The van der Waals surface area contributed by atoms with Gasteiger partial charge in [0.05, 0.1) is 21.2 Å². The molecule has 0 radical (unpaired) electrons. The standard InChI is InChI=1S/C14H18Cl3NO/c1-8(18-9-3-4-10(7-9)19-2)11-5-6-12(15)14(17)13(11)16/h5-6,8-10,18H,3-4,7H2,1-2H3. The fraction of sp³-hybridized carbons (Fsp3) is 0.571. The first kappa shape index (κ1) is 15.4. The van der Waals surface area contributed by atoms with E-state index in [0.29, 0.717) is 27.2 Å². The number of hydrogen-bond acceptors (Lipinski definition) is 2. The molecule has 0 saturated heterocycles. The van der Waals surface area contributed by atoms with Crippen LogP contribution in [0.5, 0.6) is 0 Å². The number of rotatable bonds is 4. The molecule has 0 heterocycles. The van der Waals surface area contributed by atoms with Gasteiger partial charge in [-0.05, 0) is 37.8 Å². The van der Waals surface area contributed by atoms with Gasteiger partial charge in [0.1, 0.15) is 0 Å². The average molecular weight is 323 g/mol. The summed E-state index contributed by atoms with van der Waals surface area (Å²) in [5.41, 5.74) is 0.983. The van der Waals surface area contributed by atoms with Gasteiger partial charge in [0.15, 0.2) is 0 Å². The zero-order chi connectivity index (χ0) is 14.0. The lowest BCUT2D eigenvalue weighted by molar-refractivity contribution is 0.106. The number of ether oxygens (including phenoxy) is 1. The molecule has 2 nitrogen and oxygen atoms in total. The van der Waals surface area contributed by atoms with E-state index in [1.165, 1.54) is 0 Å². The first-order chi connectivity index (χ1) is 9.02. The van der Waals surface area contributed by atoms with Crippen LogP contribution in [0, 0.1) is 0 Å². The van der Waals surface area contributed by atoms with E-state index >= 15 is 0 Å². The summed E-state index contributed by atoms with van der Waals surface area (Å²) >= 11 is 18.3. The predicted molar refractivity (Wildman–Crippen MR) is 81.5 cm³/mol. The third-order valence-corrected chi connectivity index (χ3v) is 5.04. The smallest absolute Gasteiger partial charge is 0.0781 e. The molecule has 1 aliphatic carbocycles. The third-order valence-electron chi connectivity index (χ3n) is 3.74. The summed E-state index contributed by atoms with van der Waals surface area (Å²) < 4.78 is 5.38. The molecule has 1 saturated carbocycles. The molecule has 3 unspecified atom stereocenters. The minimum absolute atomic E-state index is 0.142. The summed E-state index contributed by atoms with van der Waals surface area (Å²) in [6.07, 6.45) is 3.64. The highest BCUT2D eigenvalue weighted by Gasteiger charge is 2.26. The van der Waals surface area contributed by atoms with Gasteiger partial charge in [-0.1, -0.05) is 40.9 Å². The molecule has 5 heteroatoms. The minimum atomic E-state index is 0.142. The van der Waals surface area contributed by atoms with E-state index in [2.05, 4.69) is 12.2 Å². The lowest BCUT2D eigenvalue weighted by Crippen LogP contribution is -2.30. The van der Waals surface area contributed by atoms with E-state index in [4.69, 9.17) is 39.5 Å². The number of halogens is 3. The van der Waals surface area contributed by atoms with Crippen molar-refractivity contribution in [2.45, 2.75) is 44.4 Å². The van der Waals surface area contributed by atoms with Crippen LogP contribution >= 0.6 is 34.8 Å². The topological polar surface area (TPSA) is 21.3 Å². The maximum absolute atomic E-state index is 6.25. The Hall–Kier alpha value is 0.01000. The van der Waals surface area contributed by atoms with Crippen LogP contribution in [0.15, 0.2) is 12.1 Å². The first-order valence-electron chi connectivity index (χ1n) is 6.45. The molecule has 2 rings (SSSR count). The lowest BCUT2D eigenvalue weighted by atomic mass is 10.1. The van der Waals surface area contributed by atoms with Crippen LogP contribution in [0.1, 0.15) is 37.8 Å². The molecule has 0 spiro atoms. The summed E-state index contributed by atoms with van der Waals surface area (Å²) in [6, 6.07) is 4.32. The van der Waals surface area contributed by atoms with Crippen molar-refractivity contribution in [2.75, 3.05) is 7.11 Å². The molecule has 106 valence electrons. The highest BCUT2D eigenvalue weighted by Crippen LogP contribution is 2.36. The predicted octanol–water partition coefficient (Wildman–Crippen LogP) is 4.86. The van der Waals surface area contributed by atoms with Crippen LogP contribution < -0.4 is 5.32 Å². The van der Waals surface area contributed by atoms with E-state index < -0.39 is 0 Å². The number of methoxy groups -OCH3 is 1. The van der Waals surface area contributed by atoms with Crippen molar-refractivity contribution in [1.82, 2.24) is 5.32 Å². The highest BCUT2D eigenvalue weighted by molar-refractivity contribution is 6.48. The molecule has 0 amide bonds. The van der Waals surface area contributed by atoms with Crippen LogP contribution in [0.3, 0.4) is 0 Å². The number of benzene rings is 1. The van der Waals surface area contributed by atoms with Gasteiger partial charge in [-0.2, -0.15) is 0 Å². The minimum Gasteiger partial charge on any atom is -0.381 e. The van der Waals surface area contributed by atoms with Gasteiger partial charge >= 0.3 is 0 Å². The van der Waals surface area contributed by atoms with Crippen LogP contribution in [-0.4, -0.2) is 19.3 Å². The summed E-state index contributed by atoms with van der Waals surface area (Å²) in [4.78, 5) is 0. The quantitative estimate of drug-likeness (QED) is 0.799. The Morgan fingerprint density at radius 1 is 1.21 bits per heavy atom. The van der Waals surface area contributed by atoms with E-state index in [9.17, 15) is 0 Å². The highest BCUT2D eigenvalue weighted by atomic mass is 35.5. The van der Waals surface area contributed by atoms with Crippen LogP contribution in [0.4, 0.5) is 0 Å². The Morgan fingerprint density at radius 2 is 1.95 bits per heavy atom. The van der Waals surface area contributed by atoms with Gasteiger partial charge in [-0.3, -0.25) is 0 Å². The molecular weight excluding hydrogens is 305 g/mol. The molecule has 1 aromatic rings. The van der Waals surface area contributed by atoms with Crippen molar-refractivity contribution in [2.24, 2.45) is 0 Å². The van der Waals surface area contributed by atoms with Crippen molar-refractivity contribution in [3.05, 3.63) is 32.8 Å². The van der Waals surface area contributed by atoms with Crippen LogP contribution in [0.2, 0.25) is 15.1 Å². The molecule has 19 heavy (non-hydrogen) atoms. The van der Waals surface area contributed by atoms with E-state index in [-0.39, 0.29) is 6.04 Å². The van der Waals surface area contributed by atoms with E-state index in [0.717, 1.165) is 24.8 Å². The van der Waals surface area contributed by atoms with Gasteiger partial charge in [0.25, 0.3) is 0 Å². The summed E-state index contributed by atoms with van der Waals surface area (Å²) in [6.45, 7) is 2.09. The second-order valence-electron chi connectivity index (χ2n) is 5.02. The molecular formula is C14H18Cl3NO. The molecule has 0 bridgehead atoms. The van der Waals surface area contributed by atoms with Crippen molar-refractivity contribution in [3.63, 3.8) is 0 Å². The summed E-state index contributed by atoms with van der Waals surface area (Å²) in [5.74, 6) is 0. The van der Waals surface area contributed by atoms with Gasteiger partial charge in [0, 0.05) is 19.2 Å². The Kier molecular flexibility index (Phi) is 5.38. The van der Waals surface area contributed by atoms with Crippen LogP contribution in [0.25, 0.3) is 0 Å². The number of nitrogens with one attached hydrogen (secondary N) is 1. The van der Waals surface area contributed by atoms with Crippen molar-refractivity contribution >= 4 is 34.8 Å². The van der Waals surface area contributed by atoms with Crippen LogP contribution in [-0.2, 0) is 4.74 Å². The Morgan fingerprint density at radius 3 is 2.58 bits per heavy atom. The maximum Gasteiger partial charge on any atom is 0.0781 e. The summed E-state index contributed by atoms with van der Waals surface area (Å²) in [7, 11) is 1.77. The second kappa shape index (κ2) is 6.64. The van der Waals surface area contributed by atoms with Crippen molar-refractivity contribution < 1.29 is 4.74 Å². The van der Waals surface area contributed by atoms with Crippen molar-refractivity contribution in [1.29, 1.82) is 0 Å².